The Hall–Kier alpha value is -2.46. The summed E-state index contributed by atoms with van der Waals surface area (Å²) < 4.78 is 13.4. The van der Waals surface area contributed by atoms with E-state index in [0.29, 0.717) is 19.0 Å². The van der Waals surface area contributed by atoms with Gasteiger partial charge in [-0.05, 0) is 55.7 Å². The Kier molecular flexibility index (Phi) is 5.21. The average molecular weight is 425 g/mol. The SMILES string of the molecule is C[C@@H](CN1C[C@H]2C[C@@H]1C(=O)N2[C@H](c1ccc(F)cc1)C1CC1)C(=O)N1CCC[C@H]1C#N. The van der Waals surface area contributed by atoms with Crippen LogP contribution in [0.25, 0.3) is 0 Å². The predicted octanol–water partition coefficient (Wildman–Crippen LogP) is 2.71. The van der Waals surface area contributed by atoms with Gasteiger partial charge in [0.15, 0.2) is 0 Å². The summed E-state index contributed by atoms with van der Waals surface area (Å²) in [5.74, 6) is 0.146. The maximum atomic E-state index is 13.4. The van der Waals surface area contributed by atoms with E-state index in [1.807, 2.05) is 19.1 Å². The Morgan fingerprint density at radius 2 is 2.00 bits per heavy atom. The molecular weight excluding hydrogens is 395 g/mol. The topological polar surface area (TPSA) is 67.7 Å². The Labute approximate surface area is 182 Å². The Balaban J connectivity index is 1.26. The largest absolute Gasteiger partial charge is 0.330 e. The van der Waals surface area contributed by atoms with Crippen LogP contribution in [0.5, 0.6) is 0 Å². The number of carbonyl (C=O) groups is 2. The first kappa shape index (κ1) is 20.4. The molecule has 3 saturated heterocycles. The average Bonchev–Trinajstić information content (AvgIpc) is 3.20. The van der Waals surface area contributed by atoms with Crippen molar-refractivity contribution in [2.24, 2.45) is 11.8 Å². The quantitative estimate of drug-likeness (QED) is 0.704. The van der Waals surface area contributed by atoms with Gasteiger partial charge in [0.2, 0.25) is 11.8 Å². The number of halogens is 1. The van der Waals surface area contributed by atoms with Crippen LogP contribution in [0.3, 0.4) is 0 Å². The summed E-state index contributed by atoms with van der Waals surface area (Å²) in [5.41, 5.74) is 1.02. The standard InChI is InChI=1S/C24H29FN4O2/c1-15(23(30)28-10-2-3-19(28)12-26)13-27-14-20-11-21(27)24(31)29(20)22(16-4-5-16)17-6-8-18(25)9-7-17/h6-9,15-16,19-22H,2-5,10-11,13-14H2,1H3/t15-,19-,20+,21+,22-/m0/s1. The molecule has 4 aliphatic rings. The Bertz CT molecular complexity index is 909. The molecule has 3 aliphatic heterocycles. The third-order valence-electron chi connectivity index (χ3n) is 7.51. The van der Waals surface area contributed by atoms with E-state index < -0.39 is 0 Å². The molecular formula is C24H29FN4O2. The highest BCUT2D eigenvalue weighted by atomic mass is 19.1. The molecule has 7 heteroatoms. The van der Waals surface area contributed by atoms with E-state index in [1.54, 1.807) is 4.90 Å². The minimum absolute atomic E-state index is 0.0262. The highest BCUT2D eigenvalue weighted by Gasteiger charge is 2.54. The molecule has 1 aromatic carbocycles. The summed E-state index contributed by atoms with van der Waals surface area (Å²) >= 11 is 0. The van der Waals surface area contributed by atoms with Gasteiger partial charge in [-0.2, -0.15) is 5.26 Å². The van der Waals surface area contributed by atoms with Crippen LogP contribution in [0.15, 0.2) is 24.3 Å². The summed E-state index contributed by atoms with van der Waals surface area (Å²) in [6, 6.07) is 8.54. The molecule has 1 aromatic rings. The Morgan fingerprint density at radius 1 is 1.26 bits per heavy atom. The van der Waals surface area contributed by atoms with E-state index in [1.165, 1.54) is 12.1 Å². The minimum Gasteiger partial charge on any atom is -0.330 e. The van der Waals surface area contributed by atoms with Crippen LogP contribution < -0.4 is 0 Å². The van der Waals surface area contributed by atoms with Gasteiger partial charge in [-0.1, -0.05) is 19.1 Å². The molecule has 31 heavy (non-hydrogen) atoms. The van der Waals surface area contributed by atoms with Crippen molar-refractivity contribution < 1.29 is 14.0 Å². The molecule has 0 N–H and O–H groups in total. The third-order valence-corrected chi connectivity index (χ3v) is 7.51. The van der Waals surface area contributed by atoms with Gasteiger partial charge in [0.1, 0.15) is 11.9 Å². The lowest BCUT2D eigenvalue weighted by atomic mass is 9.99. The van der Waals surface area contributed by atoms with Gasteiger partial charge in [-0.3, -0.25) is 14.5 Å². The second kappa shape index (κ2) is 7.90. The lowest BCUT2D eigenvalue weighted by Crippen LogP contribution is -2.53. The molecule has 1 aliphatic carbocycles. The zero-order chi connectivity index (χ0) is 21.7. The molecule has 6 nitrogen and oxygen atoms in total. The molecule has 5 rings (SSSR count). The first-order valence-corrected chi connectivity index (χ1v) is 11.5. The number of carbonyl (C=O) groups excluding carboxylic acids is 2. The lowest BCUT2D eigenvalue weighted by Gasteiger charge is -2.40. The van der Waals surface area contributed by atoms with Gasteiger partial charge >= 0.3 is 0 Å². The molecule has 2 amide bonds. The van der Waals surface area contributed by atoms with Crippen LogP contribution in [-0.2, 0) is 9.59 Å². The first-order valence-electron chi connectivity index (χ1n) is 11.5. The van der Waals surface area contributed by atoms with Crippen molar-refractivity contribution in [1.29, 1.82) is 5.26 Å². The molecule has 4 fully saturated rings. The fourth-order valence-corrected chi connectivity index (χ4v) is 5.87. The zero-order valence-corrected chi connectivity index (χ0v) is 17.9. The number of benzene rings is 1. The van der Waals surface area contributed by atoms with Crippen LogP contribution in [0, 0.1) is 29.0 Å². The number of amides is 2. The second-order valence-electron chi connectivity index (χ2n) is 9.66. The number of hydrogen-bond acceptors (Lipinski definition) is 4. The second-order valence-corrected chi connectivity index (χ2v) is 9.66. The molecule has 5 atom stereocenters. The van der Waals surface area contributed by atoms with Crippen molar-refractivity contribution in [2.45, 2.75) is 63.2 Å². The van der Waals surface area contributed by atoms with Crippen molar-refractivity contribution in [3.63, 3.8) is 0 Å². The summed E-state index contributed by atoms with van der Waals surface area (Å²) in [7, 11) is 0. The number of piperazine rings is 1. The van der Waals surface area contributed by atoms with Crippen LogP contribution in [0.1, 0.15) is 50.6 Å². The molecule has 164 valence electrons. The van der Waals surface area contributed by atoms with E-state index in [-0.39, 0.29) is 47.7 Å². The summed E-state index contributed by atoms with van der Waals surface area (Å²) in [6.45, 7) is 3.90. The first-order chi connectivity index (χ1) is 15.0. The van der Waals surface area contributed by atoms with Gasteiger partial charge in [0.25, 0.3) is 0 Å². The zero-order valence-electron chi connectivity index (χ0n) is 17.9. The molecule has 0 unspecified atom stereocenters. The maximum Gasteiger partial charge on any atom is 0.240 e. The van der Waals surface area contributed by atoms with Crippen molar-refractivity contribution in [3.05, 3.63) is 35.6 Å². The minimum atomic E-state index is -0.308. The van der Waals surface area contributed by atoms with Crippen LogP contribution >= 0.6 is 0 Å². The van der Waals surface area contributed by atoms with Crippen molar-refractivity contribution in [2.75, 3.05) is 19.6 Å². The Morgan fingerprint density at radius 3 is 2.65 bits per heavy atom. The molecule has 0 radical (unpaired) electrons. The van der Waals surface area contributed by atoms with E-state index in [4.69, 9.17) is 0 Å². The van der Waals surface area contributed by atoms with Crippen molar-refractivity contribution >= 4 is 11.8 Å². The number of nitrogens with zero attached hydrogens (tertiary/aromatic N) is 4. The fraction of sp³-hybridized carbons (Fsp3) is 0.625. The number of hydrogen-bond donors (Lipinski definition) is 0. The maximum absolute atomic E-state index is 13.4. The monoisotopic (exact) mass is 424 g/mol. The van der Waals surface area contributed by atoms with Gasteiger partial charge < -0.3 is 9.80 Å². The fourth-order valence-electron chi connectivity index (χ4n) is 5.87. The van der Waals surface area contributed by atoms with Crippen LogP contribution in [0.2, 0.25) is 0 Å². The van der Waals surface area contributed by atoms with Gasteiger partial charge in [-0.25, -0.2) is 4.39 Å². The van der Waals surface area contributed by atoms with Gasteiger partial charge in [-0.15, -0.1) is 0 Å². The smallest absolute Gasteiger partial charge is 0.240 e. The number of nitriles is 1. The number of fused-ring (bicyclic) bond motifs is 2. The molecule has 3 heterocycles. The van der Waals surface area contributed by atoms with E-state index >= 15 is 0 Å². The molecule has 1 saturated carbocycles. The van der Waals surface area contributed by atoms with E-state index in [0.717, 1.165) is 44.2 Å². The molecule has 0 aromatic heterocycles. The predicted molar refractivity (Wildman–Crippen MR) is 112 cm³/mol. The van der Waals surface area contributed by atoms with Crippen LogP contribution in [-0.4, -0.2) is 64.3 Å². The summed E-state index contributed by atoms with van der Waals surface area (Å²) in [6.07, 6.45) is 4.64. The van der Waals surface area contributed by atoms with E-state index in [9.17, 15) is 19.2 Å². The molecule has 2 bridgehead atoms. The number of rotatable bonds is 6. The van der Waals surface area contributed by atoms with Gasteiger partial charge in [0, 0.05) is 31.6 Å². The number of likely N-dealkylation sites (tertiary alicyclic amines) is 3. The third kappa shape index (κ3) is 3.61. The summed E-state index contributed by atoms with van der Waals surface area (Å²) in [5, 5.41) is 9.29. The van der Waals surface area contributed by atoms with Crippen LogP contribution in [0.4, 0.5) is 4.39 Å². The van der Waals surface area contributed by atoms with E-state index in [2.05, 4.69) is 15.9 Å². The lowest BCUT2D eigenvalue weighted by molar-refractivity contribution is -0.142. The molecule has 0 spiro atoms. The van der Waals surface area contributed by atoms with Gasteiger partial charge in [0.05, 0.1) is 18.2 Å². The normalized spacial score (nSPS) is 30.0. The van der Waals surface area contributed by atoms with Crippen molar-refractivity contribution in [1.82, 2.24) is 14.7 Å². The summed E-state index contributed by atoms with van der Waals surface area (Å²) in [4.78, 5) is 32.2. The highest BCUT2D eigenvalue weighted by Crippen LogP contribution is 2.49. The highest BCUT2D eigenvalue weighted by molar-refractivity contribution is 5.86. The van der Waals surface area contributed by atoms with Crippen molar-refractivity contribution in [3.8, 4) is 6.07 Å².